The van der Waals surface area contributed by atoms with Gasteiger partial charge in [-0.15, -0.1) is 0 Å². The molecule has 5 heteroatoms. The van der Waals surface area contributed by atoms with E-state index in [0.717, 1.165) is 22.3 Å². The van der Waals surface area contributed by atoms with Gasteiger partial charge in [0.1, 0.15) is 17.0 Å². The monoisotopic (exact) mass is 418 g/mol. The van der Waals surface area contributed by atoms with E-state index in [9.17, 15) is 9.90 Å². The number of ether oxygens (including phenoxy) is 1. The molecule has 1 aliphatic heterocycles. The van der Waals surface area contributed by atoms with Crippen LogP contribution in [0.5, 0.6) is 0 Å². The lowest BCUT2D eigenvalue weighted by Gasteiger charge is -2.40. The van der Waals surface area contributed by atoms with Crippen molar-refractivity contribution in [2.45, 2.75) is 52.2 Å². The molecule has 1 aliphatic rings. The van der Waals surface area contributed by atoms with Crippen LogP contribution in [0.25, 0.3) is 16.7 Å². The molecule has 2 aromatic carbocycles. The fourth-order valence-corrected chi connectivity index (χ4v) is 4.25. The van der Waals surface area contributed by atoms with Crippen LogP contribution < -0.4 is 0 Å². The summed E-state index contributed by atoms with van der Waals surface area (Å²) in [5, 5.41) is 12.0. The van der Waals surface area contributed by atoms with E-state index in [2.05, 4.69) is 0 Å². The smallest absolute Gasteiger partial charge is 0.198 e. The van der Waals surface area contributed by atoms with E-state index < -0.39 is 11.2 Å². The molecule has 0 saturated heterocycles. The summed E-state index contributed by atoms with van der Waals surface area (Å²) in [7, 11) is 0. The summed E-state index contributed by atoms with van der Waals surface area (Å²) in [6.45, 7) is 9.02. The topological polar surface area (TPSA) is 46.5 Å². The molecule has 2 aromatic rings. The lowest BCUT2D eigenvalue weighted by atomic mass is 9.81. The SMILES string of the molecule is CCc1cc(-c2cc(Cl)cc(Cl)c2)ccc1C1=C(O)C(C)(C)OC(C)(C)C1=O. The van der Waals surface area contributed by atoms with Crippen molar-refractivity contribution in [2.24, 2.45) is 0 Å². The molecule has 3 rings (SSSR count). The number of aryl methyl sites for hydroxylation is 1. The zero-order valence-corrected chi connectivity index (χ0v) is 18.2. The van der Waals surface area contributed by atoms with Crippen LogP contribution in [-0.4, -0.2) is 22.1 Å². The molecule has 3 nitrogen and oxygen atoms in total. The van der Waals surface area contributed by atoms with Gasteiger partial charge >= 0.3 is 0 Å². The number of halogens is 2. The Balaban J connectivity index is 2.19. The summed E-state index contributed by atoms with van der Waals surface area (Å²) in [5.41, 5.74) is 1.89. The van der Waals surface area contributed by atoms with Crippen LogP contribution in [0.4, 0.5) is 0 Å². The first-order valence-electron chi connectivity index (χ1n) is 9.24. The number of carbonyl (C=O) groups excluding carboxylic acids is 1. The summed E-state index contributed by atoms with van der Waals surface area (Å²) in [4.78, 5) is 13.1. The minimum Gasteiger partial charge on any atom is -0.508 e. The number of carbonyl (C=O) groups is 1. The van der Waals surface area contributed by atoms with Gasteiger partial charge in [-0.05, 0) is 74.6 Å². The summed E-state index contributed by atoms with van der Waals surface area (Å²) in [6, 6.07) is 11.2. The third-order valence-corrected chi connectivity index (χ3v) is 5.48. The molecule has 0 radical (unpaired) electrons. The van der Waals surface area contributed by atoms with Crippen molar-refractivity contribution >= 4 is 34.6 Å². The highest BCUT2D eigenvalue weighted by Crippen LogP contribution is 2.41. The Morgan fingerprint density at radius 3 is 2.11 bits per heavy atom. The zero-order valence-electron chi connectivity index (χ0n) is 16.7. The van der Waals surface area contributed by atoms with E-state index in [1.165, 1.54) is 0 Å². The van der Waals surface area contributed by atoms with Gasteiger partial charge in [0, 0.05) is 10.0 Å². The molecule has 0 spiro atoms. The Kier molecular flexibility index (Phi) is 5.39. The maximum atomic E-state index is 13.1. The molecule has 0 bridgehead atoms. The first-order valence-corrected chi connectivity index (χ1v) is 10.0. The zero-order chi connectivity index (χ0) is 20.9. The van der Waals surface area contributed by atoms with Gasteiger partial charge in [0.15, 0.2) is 5.78 Å². The summed E-state index contributed by atoms with van der Waals surface area (Å²) >= 11 is 12.3. The third kappa shape index (κ3) is 3.71. The molecule has 0 fully saturated rings. The first kappa shape index (κ1) is 20.9. The van der Waals surface area contributed by atoms with Gasteiger partial charge < -0.3 is 9.84 Å². The number of Topliss-reactive ketones (excluding diaryl/α,β-unsaturated/α-hetero) is 1. The van der Waals surface area contributed by atoms with Gasteiger partial charge in [-0.25, -0.2) is 0 Å². The van der Waals surface area contributed by atoms with E-state index >= 15 is 0 Å². The highest BCUT2D eigenvalue weighted by Gasteiger charge is 2.47. The first-order chi connectivity index (χ1) is 13.0. The molecule has 0 aliphatic carbocycles. The van der Waals surface area contributed by atoms with Gasteiger partial charge in [0.05, 0.1) is 5.57 Å². The molecule has 0 saturated carbocycles. The maximum Gasteiger partial charge on any atom is 0.198 e. The Morgan fingerprint density at radius 2 is 1.54 bits per heavy atom. The molecule has 0 unspecified atom stereocenters. The van der Waals surface area contributed by atoms with Crippen molar-refractivity contribution in [3.63, 3.8) is 0 Å². The number of hydrogen-bond acceptors (Lipinski definition) is 3. The molecule has 1 heterocycles. The van der Waals surface area contributed by atoms with Gasteiger partial charge in [-0.1, -0.05) is 48.3 Å². The van der Waals surface area contributed by atoms with Crippen LogP contribution in [0.2, 0.25) is 10.0 Å². The Bertz CT molecular complexity index is 967. The average Bonchev–Trinajstić information content (AvgIpc) is 2.59. The fraction of sp³-hybridized carbons (Fsp3) is 0.348. The number of rotatable bonds is 3. The van der Waals surface area contributed by atoms with Crippen molar-refractivity contribution < 1.29 is 14.6 Å². The quantitative estimate of drug-likeness (QED) is 0.606. The van der Waals surface area contributed by atoms with E-state index in [4.69, 9.17) is 27.9 Å². The second-order valence-electron chi connectivity index (χ2n) is 8.06. The minimum absolute atomic E-state index is 0.0370. The van der Waals surface area contributed by atoms with Crippen LogP contribution in [-0.2, 0) is 16.0 Å². The van der Waals surface area contributed by atoms with Crippen molar-refractivity contribution in [3.05, 3.63) is 63.3 Å². The minimum atomic E-state index is -1.02. The van der Waals surface area contributed by atoms with Crippen LogP contribution >= 0.6 is 23.2 Å². The maximum absolute atomic E-state index is 13.1. The van der Waals surface area contributed by atoms with Gasteiger partial charge in [-0.3, -0.25) is 4.79 Å². The number of benzene rings is 2. The molecule has 1 N–H and O–H groups in total. The van der Waals surface area contributed by atoms with Crippen LogP contribution in [0.1, 0.15) is 45.7 Å². The van der Waals surface area contributed by atoms with E-state index in [1.54, 1.807) is 33.8 Å². The lowest BCUT2D eigenvalue weighted by Crippen LogP contribution is -2.49. The predicted octanol–water partition coefficient (Wildman–Crippen LogP) is 6.65. The third-order valence-electron chi connectivity index (χ3n) is 5.04. The fourth-order valence-electron chi connectivity index (χ4n) is 3.72. The second kappa shape index (κ2) is 7.22. The predicted molar refractivity (Wildman–Crippen MR) is 115 cm³/mol. The Hall–Kier alpha value is -1.81. The normalized spacial score (nSPS) is 18.5. The summed E-state index contributed by atoms with van der Waals surface area (Å²) in [5.74, 6) is -0.261. The molecular weight excluding hydrogens is 395 g/mol. The van der Waals surface area contributed by atoms with Crippen LogP contribution in [0, 0.1) is 0 Å². The van der Waals surface area contributed by atoms with Gasteiger partial charge in [0.25, 0.3) is 0 Å². The largest absolute Gasteiger partial charge is 0.508 e. The Labute approximate surface area is 175 Å². The van der Waals surface area contributed by atoms with Crippen molar-refractivity contribution in [2.75, 3.05) is 0 Å². The van der Waals surface area contributed by atoms with E-state index in [1.807, 2.05) is 37.3 Å². The van der Waals surface area contributed by atoms with E-state index in [0.29, 0.717) is 22.0 Å². The molecular formula is C23H24Cl2O3. The molecule has 148 valence electrons. The number of ketones is 1. The van der Waals surface area contributed by atoms with E-state index in [-0.39, 0.29) is 11.5 Å². The summed E-state index contributed by atoms with van der Waals surface area (Å²) in [6.07, 6.45) is 0.698. The van der Waals surface area contributed by atoms with Gasteiger partial charge in [0.2, 0.25) is 0 Å². The highest BCUT2D eigenvalue weighted by molar-refractivity contribution is 6.35. The standard InChI is InChI=1S/C23H24Cl2O3/c1-6-13-9-14(15-10-16(24)12-17(25)11-15)7-8-18(13)19-20(26)22(2,3)28-23(4,5)21(19)27/h7-12,26H,6H2,1-5H3. The molecule has 28 heavy (non-hydrogen) atoms. The van der Waals surface area contributed by atoms with Crippen molar-refractivity contribution in [1.82, 2.24) is 0 Å². The molecule has 0 amide bonds. The van der Waals surface area contributed by atoms with Crippen LogP contribution in [0.3, 0.4) is 0 Å². The van der Waals surface area contributed by atoms with Crippen LogP contribution in [0.15, 0.2) is 42.2 Å². The average molecular weight is 419 g/mol. The van der Waals surface area contributed by atoms with Crippen molar-refractivity contribution in [1.29, 1.82) is 0 Å². The number of aliphatic hydroxyl groups excluding tert-OH is 1. The highest BCUT2D eigenvalue weighted by atomic mass is 35.5. The number of aliphatic hydroxyl groups is 1. The lowest BCUT2D eigenvalue weighted by molar-refractivity contribution is -0.158. The second-order valence-corrected chi connectivity index (χ2v) is 8.93. The summed E-state index contributed by atoms with van der Waals surface area (Å²) < 4.78 is 5.84. The number of hydrogen-bond donors (Lipinski definition) is 1. The Morgan fingerprint density at radius 1 is 0.929 bits per heavy atom. The molecule has 0 aromatic heterocycles. The molecule has 0 atom stereocenters. The van der Waals surface area contributed by atoms with Gasteiger partial charge in [-0.2, -0.15) is 0 Å². The van der Waals surface area contributed by atoms with Crippen molar-refractivity contribution in [3.8, 4) is 11.1 Å².